The molecular formula is C10H20N2O3. The van der Waals surface area contributed by atoms with E-state index in [9.17, 15) is 4.79 Å². The number of carbonyl (C=O) groups excluding carboxylic acids is 1. The summed E-state index contributed by atoms with van der Waals surface area (Å²) < 4.78 is 10.1. The molecule has 0 unspecified atom stereocenters. The van der Waals surface area contributed by atoms with E-state index >= 15 is 0 Å². The van der Waals surface area contributed by atoms with Gasteiger partial charge in [-0.15, -0.1) is 0 Å². The molecule has 0 aromatic heterocycles. The Kier molecular flexibility index (Phi) is 6.31. The molecule has 1 heterocycles. The monoisotopic (exact) mass is 216 g/mol. The molecule has 1 fully saturated rings. The molecule has 1 rings (SSSR count). The molecule has 0 aromatic carbocycles. The van der Waals surface area contributed by atoms with Crippen LogP contribution in [0.5, 0.6) is 0 Å². The lowest BCUT2D eigenvalue weighted by Crippen LogP contribution is -2.34. The van der Waals surface area contributed by atoms with Gasteiger partial charge in [0.25, 0.3) is 0 Å². The van der Waals surface area contributed by atoms with Crippen molar-refractivity contribution >= 4 is 5.91 Å². The SMILES string of the molecule is COCCOCCNC(=O)[C@@H]1CCNC1. The Labute approximate surface area is 90.5 Å². The molecule has 0 radical (unpaired) electrons. The van der Waals surface area contributed by atoms with Gasteiger partial charge in [-0.3, -0.25) is 4.79 Å². The van der Waals surface area contributed by atoms with Crippen LogP contribution in [0.1, 0.15) is 6.42 Å². The van der Waals surface area contributed by atoms with Gasteiger partial charge < -0.3 is 20.1 Å². The Morgan fingerprint density at radius 3 is 3.00 bits per heavy atom. The molecule has 2 N–H and O–H groups in total. The molecule has 15 heavy (non-hydrogen) atoms. The summed E-state index contributed by atoms with van der Waals surface area (Å²) in [5, 5.41) is 6.02. The van der Waals surface area contributed by atoms with Crippen molar-refractivity contribution in [1.29, 1.82) is 0 Å². The standard InChI is InChI=1S/C10H20N2O3/c1-14-6-7-15-5-4-12-10(13)9-2-3-11-8-9/h9,11H,2-8H2,1H3,(H,12,13)/t9-/m1/s1. The fraction of sp³-hybridized carbons (Fsp3) is 0.900. The lowest BCUT2D eigenvalue weighted by atomic mass is 10.1. The molecular weight excluding hydrogens is 196 g/mol. The Balaban J connectivity index is 1.92. The maximum Gasteiger partial charge on any atom is 0.224 e. The number of hydrogen-bond donors (Lipinski definition) is 2. The minimum atomic E-state index is 0.135. The number of nitrogens with one attached hydrogen (secondary N) is 2. The average Bonchev–Trinajstić information content (AvgIpc) is 2.76. The number of rotatable bonds is 7. The molecule has 1 atom stereocenters. The van der Waals surface area contributed by atoms with E-state index < -0.39 is 0 Å². The molecule has 88 valence electrons. The Morgan fingerprint density at radius 2 is 2.33 bits per heavy atom. The van der Waals surface area contributed by atoms with E-state index in [-0.39, 0.29) is 11.8 Å². The molecule has 1 saturated heterocycles. The van der Waals surface area contributed by atoms with E-state index in [1.807, 2.05) is 0 Å². The highest BCUT2D eigenvalue weighted by molar-refractivity contribution is 5.79. The molecule has 5 heteroatoms. The maximum atomic E-state index is 11.5. The van der Waals surface area contributed by atoms with Gasteiger partial charge in [-0.05, 0) is 13.0 Å². The van der Waals surface area contributed by atoms with Crippen LogP contribution in [0.4, 0.5) is 0 Å². The summed E-state index contributed by atoms with van der Waals surface area (Å²) in [4.78, 5) is 11.5. The number of carbonyl (C=O) groups is 1. The molecule has 0 bridgehead atoms. The second-order valence-electron chi connectivity index (χ2n) is 3.59. The van der Waals surface area contributed by atoms with Crippen molar-refractivity contribution in [3.8, 4) is 0 Å². The summed E-state index contributed by atoms with van der Waals surface area (Å²) in [6.45, 7) is 4.06. The van der Waals surface area contributed by atoms with Crippen molar-refractivity contribution in [3.63, 3.8) is 0 Å². The predicted octanol–water partition coefficient (Wildman–Crippen LogP) is -0.625. The second kappa shape index (κ2) is 7.62. The van der Waals surface area contributed by atoms with E-state index in [1.54, 1.807) is 7.11 Å². The van der Waals surface area contributed by atoms with Gasteiger partial charge in [0.1, 0.15) is 0 Å². The zero-order valence-electron chi connectivity index (χ0n) is 9.25. The maximum absolute atomic E-state index is 11.5. The lowest BCUT2D eigenvalue weighted by Gasteiger charge is -2.09. The van der Waals surface area contributed by atoms with Crippen LogP contribution < -0.4 is 10.6 Å². The lowest BCUT2D eigenvalue weighted by molar-refractivity contribution is -0.124. The van der Waals surface area contributed by atoms with Crippen LogP contribution in [-0.4, -0.2) is 52.5 Å². The normalized spacial score (nSPS) is 20.5. The minimum absolute atomic E-state index is 0.135. The number of amides is 1. The van der Waals surface area contributed by atoms with Crippen LogP contribution >= 0.6 is 0 Å². The van der Waals surface area contributed by atoms with Crippen LogP contribution in [0.15, 0.2) is 0 Å². The van der Waals surface area contributed by atoms with Crippen molar-refractivity contribution in [1.82, 2.24) is 10.6 Å². The number of methoxy groups -OCH3 is 1. The highest BCUT2D eigenvalue weighted by Crippen LogP contribution is 2.06. The van der Waals surface area contributed by atoms with Gasteiger partial charge >= 0.3 is 0 Å². The molecule has 0 aromatic rings. The highest BCUT2D eigenvalue weighted by Gasteiger charge is 2.21. The van der Waals surface area contributed by atoms with Crippen molar-refractivity contribution < 1.29 is 14.3 Å². The third kappa shape index (κ3) is 5.11. The minimum Gasteiger partial charge on any atom is -0.382 e. The molecule has 1 aliphatic heterocycles. The van der Waals surface area contributed by atoms with Crippen LogP contribution in [0, 0.1) is 5.92 Å². The van der Waals surface area contributed by atoms with Crippen LogP contribution in [0.2, 0.25) is 0 Å². The smallest absolute Gasteiger partial charge is 0.224 e. The first-order valence-electron chi connectivity index (χ1n) is 5.39. The van der Waals surface area contributed by atoms with Crippen LogP contribution in [-0.2, 0) is 14.3 Å². The fourth-order valence-electron chi connectivity index (χ4n) is 1.51. The Morgan fingerprint density at radius 1 is 1.47 bits per heavy atom. The van der Waals surface area contributed by atoms with Gasteiger partial charge in [0.05, 0.1) is 25.7 Å². The largest absolute Gasteiger partial charge is 0.382 e. The zero-order valence-corrected chi connectivity index (χ0v) is 9.25. The first kappa shape index (κ1) is 12.4. The summed E-state index contributed by atoms with van der Waals surface area (Å²) in [5.41, 5.74) is 0. The van der Waals surface area contributed by atoms with Crippen LogP contribution in [0.3, 0.4) is 0 Å². The van der Waals surface area contributed by atoms with E-state index in [0.29, 0.717) is 26.4 Å². The van der Waals surface area contributed by atoms with Gasteiger partial charge in [-0.2, -0.15) is 0 Å². The van der Waals surface area contributed by atoms with Crippen molar-refractivity contribution in [2.45, 2.75) is 6.42 Å². The van der Waals surface area contributed by atoms with Crippen LogP contribution in [0.25, 0.3) is 0 Å². The number of hydrogen-bond acceptors (Lipinski definition) is 4. The third-order valence-corrected chi connectivity index (χ3v) is 2.41. The molecule has 1 aliphatic rings. The average molecular weight is 216 g/mol. The van der Waals surface area contributed by atoms with Crippen molar-refractivity contribution in [2.75, 3.05) is 46.6 Å². The highest BCUT2D eigenvalue weighted by atomic mass is 16.5. The fourth-order valence-corrected chi connectivity index (χ4v) is 1.51. The first-order chi connectivity index (χ1) is 7.34. The summed E-state index contributed by atoms with van der Waals surface area (Å²) in [7, 11) is 1.64. The predicted molar refractivity (Wildman–Crippen MR) is 56.7 cm³/mol. The van der Waals surface area contributed by atoms with Gasteiger partial charge in [-0.25, -0.2) is 0 Å². The van der Waals surface area contributed by atoms with Gasteiger partial charge in [0.15, 0.2) is 0 Å². The molecule has 0 aliphatic carbocycles. The second-order valence-corrected chi connectivity index (χ2v) is 3.59. The van der Waals surface area contributed by atoms with E-state index in [4.69, 9.17) is 9.47 Å². The van der Waals surface area contributed by atoms with E-state index in [2.05, 4.69) is 10.6 Å². The number of ether oxygens (including phenoxy) is 2. The quantitative estimate of drug-likeness (QED) is 0.557. The van der Waals surface area contributed by atoms with Gasteiger partial charge in [0, 0.05) is 20.2 Å². The van der Waals surface area contributed by atoms with Crippen molar-refractivity contribution in [3.05, 3.63) is 0 Å². The Bertz CT molecular complexity index is 182. The zero-order chi connectivity index (χ0) is 10.9. The topological polar surface area (TPSA) is 59.6 Å². The van der Waals surface area contributed by atoms with E-state index in [0.717, 1.165) is 19.5 Å². The van der Waals surface area contributed by atoms with Gasteiger partial charge in [-0.1, -0.05) is 0 Å². The van der Waals surface area contributed by atoms with E-state index in [1.165, 1.54) is 0 Å². The summed E-state index contributed by atoms with van der Waals surface area (Å²) in [5.74, 6) is 0.277. The summed E-state index contributed by atoms with van der Waals surface area (Å²) in [6, 6.07) is 0. The first-order valence-corrected chi connectivity index (χ1v) is 5.39. The Hall–Kier alpha value is -0.650. The third-order valence-electron chi connectivity index (χ3n) is 2.41. The molecule has 1 amide bonds. The molecule has 5 nitrogen and oxygen atoms in total. The van der Waals surface area contributed by atoms with Gasteiger partial charge in [0.2, 0.25) is 5.91 Å². The summed E-state index contributed by atoms with van der Waals surface area (Å²) >= 11 is 0. The molecule has 0 spiro atoms. The molecule has 0 saturated carbocycles. The van der Waals surface area contributed by atoms with Crippen molar-refractivity contribution in [2.24, 2.45) is 5.92 Å². The summed E-state index contributed by atoms with van der Waals surface area (Å²) in [6.07, 6.45) is 0.941.